The Morgan fingerprint density at radius 1 is 0.865 bits per heavy atom. The van der Waals surface area contributed by atoms with Crippen LogP contribution in [0, 0.1) is 0 Å². The monoisotopic (exact) mass is 494 g/mol. The van der Waals surface area contributed by atoms with Crippen molar-refractivity contribution in [3.63, 3.8) is 0 Å². The van der Waals surface area contributed by atoms with E-state index in [2.05, 4.69) is 29.6 Å². The van der Waals surface area contributed by atoms with E-state index >= 15 is 0 Å². The Kier molecular flexibility index (Phi) is 8.93. The number of carbonyl (C=O) groups is 2. The fraction of sp³-hybridized carbons (Fsp3) is 0.250. The topological polar surface area (TPSA) is 58.6 Å². The van der Waals surface area contributed by atoms with Gasteiger partial charge in [0, 0.05) is 25.9 Å². The van der Waals surface area contributed by atoms with Crippen LogP contribution in [0.4, 0.5) is 0 Å². The van der Waals surface area contributed by atoms with E-state index in [1.165, 1.54) is 0 Å². The first-order chi connectivity index (χ1) is 18.1. The van der Waals surface area contributed by atoms with Crippen molar-refractivity contribution in [1.82, 2.24) is 10.2 Å². The van der Waals surface area contributed by atoms with Gasteiger partial charge in [-0.15, -0.1) is 0 Å². The summed E-state index contributed by atoms with van der Waals surface area (Å²) in [5, 5.41) is 5.26. The zero-order valence-corrected chi connectivity index (χ0v) is 21.5. The number of aryl methyl sites for hydroxylation is 1. The van der Waals surface area contributed by atoms with Gasteiger partial charge in [0.25, 0.3) is 0 Å². The average molecular weight is 495 g/mol. The molecule has 0 aromatic heterocycles. The summed E-state index contributed by atoms with van der Waals surface area (Å²) in [7, 11) is 1.62. The summed E-state index contributed by atoms with van der Waals surface area (Å²) in [6, 6.07) is 31.3. The van der Waals surface area contributed by atoms with E-state index in [4.69, 9.17) is 4.74 Å². The molecule has 1 unspecified atom stereocenters. The van der Waals surface area contributed by atoms with Crippen LogP contribution in [0.3, 0.4) is 0 Å². The molecule has 0 spiro atoms. The van der Waals surface area contributed by atoms with Crippen LogP contribution in [0.15, 0.2) is 97.1 Å². The molecule has 5 nitrogen and oxygen atoms in total. The molecule has 5 heteroatoms. The SMILES string of the molecule is CCNC(=O)C(Cc1ccccc1)N(Cc1cccc(OC)c1)C(=O)CCc1cccc2ccccc12. The molecule has 0 fully saturated rings. The van der Waals surface area contributed by atoms with Gasteiger partial charge >= 0.3 is 0 Å². The fourth-order valence-corrected chi connectivity index (χ4v) is 4.71. The Hall–Kier alpha value is -4.12. The maximum absolute atomic E-state index is 13.9. The van der Waals surface area contributed by atoms with Crippen molar-refractivity contribution in [2.75, 3.05) is 13.7 Å². The highest BCUT2D eigenvalue weighted by Crippen LogP contribution is 2.22. The average Bonchev–Trinajstić information content (AvgIpc) is 2.94. The van der Waals surface area contributed by atoms with Crippen LogP contribution in [0.2, 0.25) is 0 Å². The molecule has 0 aliphatic heterocycles. The molecule has 4 aromatic rings. The molecular weight excluding hydrogens is 460 g/mol. The lowest BCUT2D eigenvalue weighted by Crippen LogP contribution is -2.50. The summed E-state index contributed by atoms with van der Waals surface area (Å²) in [6.07, 6.45) is 1.35. The van der Waals surface area contributed by atoms with Gasteiger partial charge in [0.2, 0.25) is 11.8 Å². The minimum Gasteiger partial charge on any atom is -0.497 e. The van der Waals surface area contributed by atoms with Crippen LogP contribution in [0.25, 0.3) is 10.8 Å². The highest BCUT2D eigenvalue weighted by molar-refractivity contribution is 5.89. The largest absolute Gasteiger partial charge is 0.497 e. The number of hydrogen-bond donors (Lipinski definition) is 1. The first-order valence-corrected chi connectivity index (χ1v) is 12.8. The van der Waals surface area contributed by atoms with Crippen LogP contribution < -0.4 is 10.1 Å². The molecule has 190 valence electrons. The van der Waals surface area contributed by atoms with Gasteiger partial charge in [-0.3, -0.25) is 9.59 Å². The van der Waals surface area contributed by atoms with Gasteiger partial charge in [-0.05, 0) is 52.9 Å². The van der Waals surface area contributed by atoms with E-state index < -0.39 is 6.04 Å². The fourth-order valence-electron chi connectivity index (χ4n) is 4.71. The number of rotatable bonds is 11. The van der Waals surface area contributed by atoms with Crippen LogP contribution in [0.1, 0.15) is 30.0 Å². The smallest absolute Gasteiger partial charge is 0.243 e. The maximum Gasteiger partial charge on any atom is 0.243 e. The molecule has 2 amide bonds. The molecule has 0 heterocycles. The molecule has 4 rings (SSSR count). The van der Waals surface area contributed by atoms with Gasteiger partial charge in [-0.2, -0.15) is 0 Å². The van der Waals surface area contributed by atoms with Crippen LogP contribution in [-0.4, -0.2) is 36.4 Å². The van der Waals surface area contributed by atoms with Crippen LogP contribution >= 0.6 is 0 Å². The third-order valence-corrected chi connectivity index (χ3v) is 6.60. The Morgan fingerprint density at radius 3 is 2.35 bits per heavy atom. The zero-order valence-electron chi connectivity index (χ0n) is 21.5. The summed E-state index contributed by atoms with van der Waals surface area (Å²) in [6.45, 7) is 2.72. The number of likely N-dealkylation sites (N-methyl/N-ethyl adjacent to an activating group) is 1. The number of methoxy groups -OCH3 is 1. The molecular formula is C32H34N2O3. The van der Waals surface area contributed by atoms with E-state index in [-0.39, 0.29) is 11.8 Å². The van der Waals surface area contributed by atoms with Gasteiger partial charge in [-0.25, -0.2) is 0 Å². The number of fused-ring (bicyclic) bond motifs is 1. The lowest BCUT2D eigenvalue weighted by molar-refractivity contribution is -0.141. The van der Waals surface area contributed by atoms with E-state index in [1.807, 2.05) is 79.7 Å². The standard InChI is InChI=1S/C32H34N2O3/c1-3-33-32(36)30(22-24-11-5-4-6-12-24)34(23-25-13-9-17-28(21-25)37-2)31(35)20-19-27-16-10-15-26-14-7-8-18-29(26)27/h4-18,21,30H,3,19-20,22-23H2,1-2H3,(H,33,36). The summed E-state index contributed by atoms with van der Waals surface area (Å²) in [5.74, 6) is 0.522. The maximum atomic E-state index is 13.9. The van der Waals surface area contributed by atoms with Crippen molar-refractivity contribution in [2.45, 2.75) is 38.8 Å². The number of ether oxygens (including phenoxy) is 1. The Balaban J connectivity index is 1.64. The Labute approximate surface area is 219 Å². The highest BCUT2D eigenvalue weighted by Gasteiger charge is 2.30. The van der Waals surface area contributed by atoms with Gasteiger partial charge < -0.3 is 15.0 Å². The Bertz CT molecular complexity index is 1330. The lowest BCUT2D eigenvalue weighted by Gasteiger charge is -2.31. The second kappa shape index (κ2) is 12.7. The van der Waals surface area contributed by atoms with Crippen molar-refractivity contribution >= 4 is 22.6 Å². The summed E-state index contributed by atoms with van der Waals surface area (Å²) >= 11 is 0. The molecule has 1 N–H and O–H groups in total. The molecule has 37 heavy (non-hydrogen) atoms. The minimum atomic E-state index is -0.631. The number of benzene rings is 4. The van der Waals surface area contributed by atoms with E-state index in [0.29, 0.717) is 32.4 Å². The Morgan fingerprint density at radius 2 is 1.57 bits per heavy atom. The highest BCUT2D eigenvalue weighted by atomic mass is 16.5. The number of carbonyl (C=O) groups excluding carboxylic acids is 2. The number of amides is 2. The summed E-state index contributed by atoms with van der Waals surface area (Å²) < 4.78 is 5.40. The quantitative estimate of drug-likeness (QED) is 0.297. The van der Waals surface area contributed by atoms with Crippen molar-refractivity contribution in [3.05, 3.63) is 114 Å². The zero-order chi connectivity index (χ0) is 26.0. The van der Waals surface area contributed by atoms with E-state index in [1.54, 1.807) is 12.0 Å². The molecule has 0 aliphatic rings. The third-order valence-electron chi connectivity index (χ3n) is 6.60. The lowest BCUT2D eigenvalue weighted by atomic mass is 9.99. The third kappa shape index (κ3) is 6.76. The predicted octanol–water partition coefficient (Wildman–Crippen LogP) is 5.56. The number of nitrogens with zero attached hydrogens (tertiary/aromatic N) is 1. The molecule has 0 radical (unpaired) electrons. The summed E-state index contributed by atoms with van der Waals surface area (Å²) in [4.78, 5) is 28.9. The second-order valence-corrected chi connectivity index (χ2v) is 9.11. The van der Waals surface area contributed by atoms with Gasteiger partial charge in [0.15, 0.2) is 0 Å². The van der Waals surface area contributed by atoms with Crippen molar-refractivity contribution in [1.29, 1.82) is 0 Å². The summed E-state index contributed by atoms with van der Waals surface area (Å²) in [5.41, 5.74) is 3.06. The van der Waals surface area contributed by atoms with Crippen molar-refractivity contribution in [2.24, 2.45) is 0 Å². The minimum absolute atomic E-state index is 0.0528. The molecule has 0 aliphatic carbocycles. The van der Waals surface area contributed by atoms with Crippen LogP contribution in [0.5, 0.6) is 5.75 Å². The molecule has 0 bridgehead atoms. The van der Waals surface area contributed by atoms with Crippen molar-refractivity contribution < 1.29 is 14.3 Å². The first kappa shape index (κ1) is 26.0. The van der Waals surface area contributed by atoms with E-state index in [9.17, 15) is 9.59 Å². The predicted molar refractivity (Wildman–Crippen MR) is 148 cm³/mol. The van der Waals surface area contributed by atoms with Crippen molar-refractivity contribution in [3.8, 4) is 5.75 Å². The second-order valence-electron chi connectivity index (χ2n) is 9.11. The van der Waals surface area contributed by atoms with Gasteiger partial charge in [0.05, 0.1) is 7.11 Å². The number of hydrogen-bond acceptors (Lipinski definition) is 3. The molecule has 0 saturated carbocycles. The van der Waals surface area contributed by atoms with Gasteiger partial charge in [0.1, 0.15) is 11.8 Å². The number of nitrogens with one attached hydrogen (secondary N) is 1. The molecule has 1 atom stereocenters. The van der Waals surface area contributed by atoms with Gasteiger partial charge in [-0.1, -0.05) is 84.9 Å². The van der Waals surface area contributed by atoms with Crippen LogP contribution in [-0.2, 0) is 29.0 Å². The molecule has 4 aromatic carbocycles. The first-order valence-electron chi connectivity index (χ1n) is 12.8. The molecule has 0 saturated heterocycles. The van der Waals surface area contributed by atoms with E-state index in [0.717, 1.165) is 33.2 Å². The normalized spacial score (nSPS) is 11.6.